The third-order valence-electron chi connectivity index (χ3n) is 2.23. The van der Waals surface area contributed by atoms with Gasteiger partial charge in [-0.1, -0.05) is 38.1 Å². The average molecular weight is 286 g/mol. The molecule has 0 heterocycles. The minimum Gasteiger partial charge on any atom is -0.296 e. The third kappa shape index (κ3) is 2.68. The minimum absolute atomic E-state index is 0.223. The maximum Gasteiger partial charge on any atom is 0.262 e. The largest absolute Gasteiger partial charge is 0.296 e. The second kappa shape index (κ2) is 5.46. The normalized spacial score (nSPS) is 14.3. The Kier molecular flexibility index (Phi) is 4.43. The zero-order chi connectivity index (χ0) is 13.9. The van der Waals surface area contributed by atoms with Gasteiger partial charge in [-0.2, -0.15) is 0 Å². The predicted octanol–water partition coefficient (Wildman–Crippen LogP) is 2.57. The molecule has 0 radical (unpaired) electrons. The van der Waals surface area contributed by atoms with Gasteiger partial charge in [0.1, 0.15) is 5.71 Å². The molecule has 0 unspecified atom stereocenters. The van der Waals surface area contributed by atoms with E-state index in [0.717, 1.165) is 6.08 Å². The van der Waals surface area contributed by atoms with Crippen LogP contribution in [0.25, 0.3) is 4.91 Å². The van der Waals surface area contributed by atoms with Gasteiger partial charge in [0.25, 0.3) is 9.05 Å². The van der Waals surface area contributed by atoms with E-state index in [1.165, 1.54) is 12.1 Å². The Labute approximate surface area is 110 Å². The van der Waals surface area contributed by atoms with Crippen LogP contribution in [0.3, 0.4) is 0 Å². The lowest BCUT2D eigenvalue weighted by Gasteiger charge is -2.14. The molecule has 6 heteroatoms. The molecule has 1 aromatic carbocycles. The lowest BCUT2D eigenvalue weighted by atomic mass is 9.95. The summed E-state index contributed by atoms with van der Waals surface area (Å²) in [4.78, 5) is 11.1. The summed E-state index contributed by atoms with van der Waals surface area (Å²) in [6, 6.07) is 6.29. The molecule has 1 aliphatic rings. The van der Waals surface area contributed by atoms with Crippen molar-refractivity contribution in [2.45, 2.75) is 13.8 Å². The van der Waals surface area contributed by atoms with Crippen molar-refractivity contribution in [2.75, 3.05) is 0 Å². The number of ketones is 1. The van der Waals surface area contributed by atoms with Gasteiger partial charge in [-0.05, 0) is 0 Å². The highest BCUT2D eigenvalue weighted by Gasteiger charge is 2.28. The third-order valence-corrected chi connectivity index (χ3v) is 3.59. The smallest absolute Gasteiger partial charge is 0.262 e. The fourth-order valence-electron chi connectivity index (χ4n) is 1.52. The van der Waals surface area contributed by atoms with Crippen LogP contribution in [0.1, 0.15) is 25.0 Å². The van der Waals surface area contributed by atoms with Crippen LogP contribution >= 0.6 is 10.7 Å². The minimum atomic E-state index is -3.98. The van der Waals surface area contributed by atoms with Gasteiger partial charge in [-0.15, -0.1) is 0 Å². The van der Waals surface area contributed by atoms with Crippen molar-refractivity contribution in [1.29, 1.82) is 5.41 Å². The SMILES string of the molecule is CC.N=C1C(=O)C=C(S(=O)(=O)Cl)c2ccccc21. The van der Waals surface area contributed by atoms with Crippen LogP contribution in [0.4, 0.5) is 0 Å². The Hall–Kier alpha value is -1.46. The molecule has 0 aromatic heterocycles. The molecule has 0 amide bonds. The second-order valence-corrected chi connectivity index (χ2v) is 5.77. The number of nitrogens with one attached hydrogen (secondary N) is 1. The Balaban J connectivity index is 0.000000771. The van der Waals surface area contributed by atoms with Gasteiger partial charge in [0.2, 0.25) is 5.78 Å². The van der Waals surface area contributed by atoms with Crippen LogP contribution in [0.15, 0.2) is 30.3 Å². The van der Waals surface area contributed by atoms with E-state index in [1.54, 1.807) is 12.1 Å². The Bertz CT molecular complexity index is 632. The first kappa shape index (κ1) is 14.6. The standard InChI is InChI=1S/C10H6ClNO3S.C2H6/c11-16(14,15)9-5-8(13)10(12)7-4-2-1-3-6(7)9;1-2/h1-5,12H;1-2H3. The van der Waals surface area contributed by atoms with Gasteiger partial charge in [0.15, 0.2) is 0 Å². The highest BCUT2D eigenvalue weighted by atomic mass is 35.7. The lowest BCUT2D eigenvalue weighted by Crippen LogP contribution is -2.20. The Morgan fingerprint density at radius 2 is 1.61 bits per heavy atom. The Morgan fingerprint density at radius 3 is 2.11 bits per heavy atom. The van der Waals surface area contributed by atoms with Crippen molar-refractivity contribution in [1.82, 2.24) is 0 Å². The van der Waals surface area contributed by atoms with E-state index in [4.69, 9.17) is 16.1 Å². The number of benzene rings is 1. The number of rotatable bonds is 1. The summed E-state index contributed by atoms with van der Waals surface area (Å²) in [6.07, 6.45) is 0.882. The topological polar surface area (TPSA) is 75.1 Å². The number of carbonyl (C=O) groups excluding carboxylic acids is 1. The monoisotopic (exact) mass is 285 g/mol. The van der Waals surface area contributed by atoms with Crippen molar-refractivity contribution in [2.24, 2.45) is 0 Å². The van der Waals surface area contributed by atoms with E-state index in [0.29, 0.717) is 5.56 Å². The first-order chi connectivity index (χ1) is 8.41. The van der Waals surface area contributed by atoms with E-state index in [2.05, 4.69) is 0 Å². The van der Waals surface area contributed by atoms with Crippen molar-refractivity contribution < 1.29 is 13.2 Å². The van der Waals surface area contributed by atoms with Gasteiger partial charge in [0, 0.05) is 27.9 Å². The number of allylic oxidation sites excluding steroid dienone is 1. The molecule has 0 aliphatic heterocycles. The maximum absolute atomic E-state index is 11.4. The number of carbonyl (C=O) groups is 1. The number of hydrogen-bond donors (Lipinski definition) is 1. The zero-order valence-corrected chi connectivity index (χ0v) is 11.5. The lowest BCUT2D eigenvalue weighted by molar-refractivity contribution is -0.108. The summed E-state index contributed by atoms with van der Waals surface area (Å²) in [5, 5.41) is 7.54. The number of fused-ring (bicyclic) bond motifs is 1. The summed E-state index contributed by atoms with van der Waals surface area (Å²) < 4.78 is 22.6. The zero-order valence-electron chi connectivity index (χ0n) is 9.90. The predicted molar refractivity (Wildman–Crippen MR) is 72.4 cm³/mol. The molecule has 0 saturated carbocycles. The molecule has 0 atom stereocenters. The fraction of sp³-hybridized carbons (Fsp3) is 0.167. The fourth-order valence-corrected chi connectivity index (χ4v) is 2.59. The van der Waals surface area contributed by atoms with Crippen molar-refractivity contribution in [3.63, 3.8) is 0 Å². The summed E-state index contributed by atoms with van der Waals surface area (Å²) in [7, 11) is 1.25. The molecule has 2 rings (SSSR count). The Morgan fingerprint density at radius 1 is 1.11 bits per heavy atom. The molecule has 1 N–H and O–H groups in total. The number of halogens is 1. The first-order valence-corrected chi connectivity index (χ1v) is 7.61. The van der Waals surface area contributed by atoms with Gasteiger partial charge in [-0.25, -0.2) is 8.42 Å². The molecule has 0 spiro atoms. The second-order valence-electron chi connectivity index (χ2n) is 3.23. The van der Waals surface area contributed by atoms with E-state index >= 15 is 0 Å². The van der Waals surface area contributed by atoms with Crippen LogP contribution in [0.5, 0.6) is 0 Å². The van der Waals surface area contributed by atoms with Gasteiger partial charge in [0.05, 0.1) is 4.91 Å². The number of hydrogen-bond acceptors (Lipinski definition) is 4. The molecule has 96 valence electrons. The van der Waals surface area contributed by atoms with Gasteiger partial charge in [-0.3, -0.25) is 10.2 Å². The molecular weight excluding hydrogens is 274 g/mol. The first-order valence-electron chi connectivity index (χ1n) is 5.30. The summed E-state index contributed by atoms with van der Waals surface area (Å²) in [6.45, 7) is 4.00. The van der Waals surface area contributed by atoms with Gasteiger partial charge < -0.3 is 0 Å². The van der Waals surface area contributed by atoms with Crippen molar-refractivity contribution in [3.05, 3.63) is 41.5 Å². The van der Waals surface area contributed by atoms with Crippen molar-refractivity contribution >= 4 is 36.1 Å². The highest BCUT2D eigenvalue weighted by Crippen LogP contribution is 2.30. The van der Waals surface area contributed by atoms with Crippen LogP contribution in [0.2, 0.25) is 0 Å². The van der Waals surface area contributed by atoms with Crippen LogP contribution in [0, 0.1) is 5.41 Å². The molecule has 0 saturated heterocycles. The highest BCUT2D eigenvalue weighted by molar-refractivity contribution is 8.21. The average Bonchev–Trinajstić information content (AvgIpc) is 2.35. The quantitative estimate of drug-likeness (QED) is 0.806. The van der Waals surface area contributed by atoms with Crippen LogP contribution in [-0.4, -0.2) is 19.9 Å². The summed E-state index contributed by atoms with van der Waals surface area (Å²) in [5.41, 5.74) is 0.357. The van der Waals surface area contributed by atoms with Crippen LogP contribution in [-0.2, 0) is 13.8 Å². The van der Waals surface area contributed by atoms with E-state index in [-0.39, 0.29) is 16.2 Å². The molecular formula is C12H12ClNO3S. The summed E-state index contributed by atoms with van der Waals surface area (Å²) in [5.74, 6) is -0.655. The van der Waals surface area contributed by atoms with Gasteiger partial charge >= 0.3 is 0 Å². The van der Waals surface area contributed by atoms with Crippen LogP contribution < -0.4 is 0 Å². The summed E-state index contributed by atoms with van der Waals surface area (Å²) >= 11 is 0. The molecule has 1 aliphatic carbocycles. The van der Waals surface area contributed by atoms with E-state index in [1.807, 2.05) is 13.8 Å². The van der Waals surface area contributed by atoms with Crippen molar-refractivity contribution in [3.8, 4) is 0 Å². The molecule has 0 bridgehead atoms. The maximum atomic E-state index is 11.4. The molecule has 4 nitrogen and oxygen atoms in total. The molecule has 0 fully saturated rings. The van der Waals surface area contributed by atoms with E-state index in [9.17, 15) is 13.2 Å². The molecule has 1 aromatic rings. The molecule has 18 heavy (non-hydrogen) atoms. The van der Waals surface area contributed by atoms with E-state index < -0.39 is 14.8 Å².